The van der Waals surface area contributed by atoms with Crippen molar-refractivity contribution in [1.29, 1.82) is 0 Å². The summed E-state index contributed by atoms with van der Waals surface area (Å²) in [5, 5.41) is 7.52. The van der Waals surface area contributed by atoms with E-state index in [0.717, 1.165) is 37.6 Å². The Kier molecular flexibility index (Phi) is 5.71. The molecule has 0 spiro atoms. The standard InChI is InChI=1S/C22H19N3O3S3/c1-13(21(26)23-11-14-6-7-15-16(10-14)28-12-27-15)31-22-24-19(17-4-2-8-29-17)20(25-22)18-5-3-9-30-18/h2-10,13H,11-12H2,1H3,(H,23,26)(H,24,25). The number of nitrogens with zero attached hydrogens (tertiary/aromatic N) is 1. The number of hydrogen-bond acceptors (Lipinski definition) is 7. The van der Waals surface area contributed by atoms with Gasteiger partial charge in [-0.3, -0.25) is 4.79 Å². The van der Waals surface area contributed by atoms with Crippen molar-refractivity contribution in [3.05, 3.63) is 58.8 Å². The van der Waals surface area contributed by atoms with Gasteiger partial charge in [-0.05, 0) is 47.5 Å². The Bertz CT molecular complexity index is 1130. The minimum Gasteiger partial charge on any atom is -0.454 e. The van der Waals surface area contributed by atoms with E-state index in [0.29, 0.717) is 12.3 Å². The molecule has 1 amide bonds. The lowest BCUT2D eigenvalue weighted by Gasteiger charge is -2.11. The zero-order valence-electron chi connectivity index (χ0n) is 16.6. The average Bonchev–Trinajstić information content (AvgIpc) is 3.57. The molecular weight excluding hydrogens is 450 g/mol. The maximum atomic E-state index is 12.7. The molecule has 6 nitrogen and oxygen atoms in total. The number of hydrogen-bond donors (Lipinski definition) is 2. The van der Waals surface area contributed by atoms with Crippen LogP contribution in [0, 0.1) is 0 Å². The van der Waals surface area contributed by atoms with Gasteiger partial charge < -0.3 is 19.8 Å². The predicted molar refractivity (Wildman–Crippen MR) is 125 cm³/mol. The zero-order chi connectivity index (χ0) is 21.2. The number of rotatable bonds is 7. The zero-order valence-corrected chi connectivity index (χ0v) is 19.0. The van der Waals surface area contributed by atoms with Crippen molar-refractivity contribution in [1.82, 2.24) is 15.3 Å². The second-order valence-electron chi connectivity index (χ2n) is 6.89. The molecule has 1 unspecified atom stereocenters. The summed E-state index contributed by atoms with van der Waals surface area (Å²) >= 11 is 4.74. The van der Waals surface area contributed by atoms with Crippen molar-refractivity contribution in [2.75, 3.05) is 6.79 Å². The molecule has 0 aliphatic carbocycles. The summed E-state index contributed by atoms with van der Waals surface area (Å²) in [4.78, 5) is 23.1. The molecule has 9 heteroatoms. The van der Waals surface area contributed by atoms with Gasteiger partial charge in [0.1, 0.15) is 5.69 Å². The van der Waals surface area contributed by atoms with Gasteiger partial charge >= 0.3 is 0 Å². The first-order chi connectivity index (χ1) is 15.2. The Balaban J connectivity index is 1.27. The number of thioether (sulfide) groups is 1. The molecule has 0 saturated carbocycles. The second-order valence-corrected chi connectivity index (χ2v) is 10.1. The van der Waals surface area contributed by atoms with Crippen molar-refractivity contribution < 1.29 is 14.3 Å². The summed E-state index contributed by atoms with van der Waals surface area (Å²) in [5.74, 6) is 1.40. The van der Waals surface area contributed by atoms with Crippen LogP contribution in [-0.2, 0) is 11.3 Å². The smallest absolute Gasteiger partial charge is 0.233 e. The first-order valence-electron chi connectivity index (χ1n) is 9.68. The van der Waals surface area contributed by atoms with Gasteiger partial charge in [-0.15, -0.1) is 22.7 Å². The third kappa shape index (κ3) is 4.34. The summed E-state index contributed by atoms with van der Waals surface area (Å²) in [6, 6.07) is 13.9. The van der Waals surface area contributed by atoms with E-state index in [1.165, 1.54) is 11.8 Å². The number of fused-ring (bicyclic) bond motifs is 1. The Labute approximate surface area is 191 Å². The lowest BCUT2D eigenvalue weighted by atomic mass is 10.2. The third-order valence-corrected chi connectivity index (χ3v) is 7.51. The summed E-state index contributed by atoms with van der Waals surface area (Å²) in [6.45, 7) is 2.56. The van der Waals surface area contributed by atoms with Crippen molar-refractivity contribution in [3.63, 3.8) is 0 Å². The topological polar surface area (TPSA) is 76.2 Å². The molecule has 1 aliphatic rings. The minimum atomic E-state index is -0.299. The van der Waals surface area contributed by atoms with E-state index in [4.69, 9.17) is 14.5 Å². The number of imidazole rings is 1. The lowest BCUT2D eigenvalue weighted by molar-refractivity contribution is -0.120. The normalized spacial score (nSPS) is 13.3. The Hall–Kier alpha value is -2.75. The number of H-pyrrole nitrogens is 1. The highest BCUT2D eigenvalue weighted by Gasteiger charge is 2.21. The number of amides is 1. The van der Waals surface area contributed by atoms with Gasteiger partial charge in [0.15, 0.2) is 16.7 Å². The number of nitrogens with one attached hydrogen (secondary N) is 2. The molecular formula is C22H19N3O3S3. The van der Waals surface area contributed by atoms with E-state index in [1.54, 1.807) is 22.7 Å². The number of carbonyl (C=O) groups excluding carboxylic acids is 1. The van der Waals surface area contributed by atoms with Crippen LogP contribution in [0.1, 0.15) is 12.5 Å². The highest BCUT2D eigenvalue weighted by Crippen LogP contribution is 2.37. The number of aromatic amines is 1. The molecule has 0 bridgehead atoms. The SMILES string of the molecule is CC(Sc1nc(-c2cccs2)c(-c2cccs2)[nH]1)C(=O)NCc1ccc2c(c1)OCO2. The lowest BCUT2D eigenvalue weighted by Crippen LogP contribution is -2.30. The molecule has 0 radical (unpaired) electrons. The molecule has 1 aliphatic heterocycles. The Morgan fingerprint density at radius 2 is 1.94 bits per heavy atom. The van der Waals surface area contributed by atoms with Crippen LogP contribution in [0.15, 0.2) is 58.4 Å². The molecule has 31 heavy (non-hydrogen) atoms. The van der Waals surface area contributed by atoms with Crippen LogP contribution in [0.25, 0.3) is 21.1 Å². The van der Waals surface area contributed by atoms with Crippen molar-refractivity contribution in [3.8, 4) is 32.6 Å². The molecule has 0 saturated heterocycles. The van der Waals surface area contributed by atoms with Crippen LogP contribution >= 0.6 is 34.4 Å². The maximum absolute atomic E-state index is 12.7. The fourth-order valence-electron chi connectivity index (χ4n) is 3.20. The number of benzene rings is 1. The molecule has 158 valence electrons. The van der Waals surface area contributed by atoms with Gasteiger partial charge in [0.25, 0.3) is 0 Å². The van der Waals surface area contributed by atoms with Crippen molar-refractivity contribution in [2.24, 2.45) is 0 Å². The highest BCUT2D eigenvalue weighted by atomic mass is 32.2. The number of aromatic nitrogens is 2. The molecule has 2 N–H and O–H groups in total. The summed E-state index contributed by atoms with van der Waals surface area (Å²) in [6.07, 6.45) is 0. The molecule has 4 aromatic rings. The average molecular weight is 470 g/mol. The monoisotopic (exact) mass is 469 g/mol. The van der Waals surface area contributed by atoms with Crippen molar-refractivity contribution >= 4 is 40.3 Å². The van der Waals surface area contributed by atoms with E-state index in [1.807, 2.05) is 48.0 Å². The van der Waals surface area contributed by atoms with E-state index < -0.39 is 0 Å². The number of carbonyl (C=O) groups is 1. The quantitative estimate of drug-likeness (QED) is 0.355. The third-order valence-electron chi connectivity index (χ3n) is 4.77. The molecule has 3 aromatic heterocycles. The molecule has 5 rings (SSSR count). The molecule has 0 fully saturated rings. The van der Waals surface area contributed by atoms with Crippen LogP contribution in [0.3, 0.4) is 0 Å². The van der Waals surface area contributed by atoms with Crippen molar-refractivity contribution in [2.45, 2.75) is 23.9 Å². The van der Waals surface area contributed by atoms with Gasteiger partial charge in [0, 0.05) is 6.54 Å². The van der Waals surface area contributed by atoms with Crippen LogP contribution in [0.4, 0.5) is 0 Å². The minimum absolute atomic E-state index is 0.0468. The largest absolute Gasteiger partial charge is 0.454 e. The van der Waals surface area contributed by atoms with Gasteiger partial charge in [-0.1, -0.05) is 30.0 Å². The van der Waals surface area contributed by atoms with Crippen LogP contribution in [0.5, 0.6) is 11.5 Å². The van der Waals surface area contributed by atoms with E-state index in [2.05, 4.69) is 22.4 Å². The predicted octanol–water partition coefficient (Wildman–Crippen LogP) is 5.39. The van der Waals surface area contributed by atoms with Crippen LogP contribution in [-0.4, -0.2) is 27.9 Å². The second kappa shape index (κ2) is 8.78. The summed E-state index contributed by atoms with van der Waals surface area (Å²) in [5.41, 5.74) is 2.88. The summed E-state index contributed by atoms with van der Waals surface area (Å²) < 4.78 is 10.7. The highest BCUT2D eigenvalue weighted by molar-refractivity contribution is 8.00. The molecule has 1 atom stereocenters. The maximum Gasteiger partial charge on any atom is 0.233 e. The molecule has 4 heterocycles. The molecule has 1 aromatic carbocycles. The summed E-state index contributed by atoms with van der Waals surface area (Å²) in [7, 11) is 0. The fourth-order valence-corrected chi connectivity index (χ4v) is 5.48. The Morgan fingerprint density at radius 1 is 1.16 bits per heavy atom. The first-order valence-corrected chi connectivity index (χ1v) is 12.3. The van der Waals surface area contributed by atoms with E-state index in [-0.39, 0.29) is 18.0 Å². The number of thiophene rings is 2. The number of ether oxygens (including phenoxy) is 2. The fraction of sp³-hybridized carbons (Fsp3) is 0.182. The first kappa shape index (κ1) is 20.2. The van der Waals surface area contributed by atoms with E-state index >= 15 is 0 Å². The van der Waals surface area contributed by atoms with Crippen LogP contribution in [0.2, 0.25) is 0 Å². The Morgan fingerprint density at radius 3 is 2.71 bits per heavy atom. The van der Waals surface area contributed by atoms with Gasteiger partial charge in [-0.2, -0.15) is 0 Å². The van der Waals surface area contributed by atoms with E-state index in [9.17, 15) is 4.79 Å². The van der Waals surface area contributed by atoms with Crippen LogP contribution < -0.4 is 14.8 Å². The van der Waals surface area contributed by atoms with Gasteiger partial charge in [0.2, 0.25) is 12.7 Å². The van der Waals surface area contributed by atoms with Gasteiger partial charge in [0.05, 0.1) is 20.7 Å². The van der Waals surface area contributed by atoms with Gasteiger partial charge in [-0.25, -0.2) is 4.98 Å².